The highest BCUT2D eigenvalue weighted by atomic mass is 79.9. The number of thiazole rings is 1. The van der Waals surface area contributed by atoms with Crippen LogP contribution in [0.2, 0.25) is 0 Å². The van der Waals surface area contributed by atoms with Crippen LogP contribution in [0.3, 0.4) is 0 Å². The maximum Gasteiger partial charge on any atom is 0.196 e. The molecule has 0 saturated carbocycles. The molecule has 2 heterocycles. The summed E-state index contributed by atoms with van der Waals surface area (Å²) >= 11 is 8.29. The molecule has 39 heavy (non-hydrogen) atoms. The van der Waals surface area contributed by atoms with Crippen LogP contribution in [0.25, 0.3) is 27.3 Å². The lowest BCUT2D eigenvalue weighted by Crippen LogP contribution is -2.05. The van der Waals surface area contributed by atoms with E-state index in [1.807, 2.05) is 71.3 Å². The highest BCUT2D eigenvalue weighted by molar-refractivity contribution is 9.10. The van der Waals surface area contributed by atoms with Crippen LogP contribution in [-0.4, -0.2) is 31.3 Å². The van der Waals surface area contributed by atoms with Gasteiger partial charge in [-0.3, -0.25) is 9.36 Å². The number of rotatable bonds is 9. The topological polar surface area (TPSA) is 60.7 Å². The molecule has 5 nitrogen and oxygen atoms in total. The number of para-hydroxylation sites is 2. The second-order valence-corrected chi connectivity index (χ2v) is 12.7. The Morgan fingerprint density at radius 1 is 0.821 bits per heavy atom. The van der Waals surface area contributed by atoms with Gasteiger partial charge in [-0.25, -0.2) is 4.98 Å². The number of hydrogen-bond donors (Lipinski definition) is 0. The number of carbonyl (C=O) groups excluding carboxylic acids is 1. The van der Waals surface area contributed by atoms with Gasteiger partial charge in [-0.15, -0.1) is 21.5 Å². The smallest absolute Gasteiger partial charge is 0.196 e. The number of nitrogens with zero attached hydrogens (tertiary/aromatic N) is 4. The van der Waals surface area contributed by atoms with Crippen LogP contribution in [0.4, 0.5) is 0 Å². The van der Waals surface area contributed by atoms with Gasteiger partial charge in [0, 0.05) is 27.0 Å². The first-order valence-corrected chi connectivity index (χ1v) is 15.7. The first-order valence-electron chi connectivity index (χ1n) is 12.1. The van der Waals surface area contributed by atoms with Crippen molar-refractivity contribution in [3.05, 3.63) is 119 Å². The van der Waals surface area contributed by atoms with Gasteiger partial charge in [-0.05, 0) is 42.0 Å². The minimum atomic E-state index is 0.0478. The SMILES string of the molecule is O=C(CSc1nnc(-c2ccc(CSc3nc4ccccc4s3)cc2)n1-c1ccccc1)c1ccc(Br)cc1. The molecular weight excluding hydrogens is 608 g/mol. The van der Waals surface area contributed by atoms with E-state index >= 15 is 0 Å². The Balaban J connectivity index is 1.21. The normalized spacial score (nSPS) is 11.2. The van der Waals surface area contributed by atoms with Crippen molar-refractivity contribution < 1.29 is 4.79 Å². The standard InChI is InChI=1S/C30H21BrN4OS3/c31-23-16-14-21(15-17-23)26(36)19-37-29-34-33-28(35(29)24-6-2-1-3-7-24)22-12-10-20(11-13-22)18-38-30-32-25-8-4-5-9-27(25)39-30/h1-17H,18-19H2. The number of thioether (sulfide) groups is 2. The minimum absolute atomic E-state index is 0.0478. The molecule has 0 amide bonds. The average molecular weight is 630 g/mol. The molecule has 192 valence electrons. The number of fused-ring (bicyclic) bond motifs is 1. The summed E-state index contributed by atoms with van der Waals surface area (Å²) in [7, 11) is 0. The zero-order valence-corrected chi connectivity index (χ0v) is 24.6. The molecule has 9 heteroatoms. The van der Waals surface area contributed by atoms with Crippen LogP contribution >= 0.6 is 50.8 Å². The monoisotopic (exact) mass is 628 g/mol. The number of ketones is 1. The maximum absolute atomic E-state index is 12.8. The first-order chi connectivity index (χ1) is 19.1. The van der Waals surface area contributed by atoms with Crippen molar-refractivity contribution in [2.45, 2.75) is 15.2 Å². The van der Waals surface area contributed by atoms with Gasteiger partial charge in [0.15, 0.2) is 21.1 Å². The number of carbonyl (C=O) groups is 1. The van der Waals surface area contributed by atoms with E-state index in [1.54, 1.807) is 23.1 Å². The zero-order valence-electron chi connectivity index (χ0n) is 20.5. The van der Waals surface area contributed by atoms with Gasteiger partial charge in [0.2, 0.25) is 0 Å². The van der Waals surface area contributed by atoms with Gasteiger partial charge < -0.3 is 0 Å². The molecule has 6 aromatic rings. The molecule has 0 saturated heterocycles. The van der Waals surface area contributed by atoms with Crippen molar-refractivity contribution in [2.24, 2.45) is 0 Å². The van der Waals surface area contributed by atoms with Crippen LogP contribution in [-0.2, 0) is 5.75 Å². The highest BCUT2D eigenvalue weighted by Gasteiger charge is 2.18. The third-order valence-electron chi connectivity index (χ3n) is 6.00. The molecule has 0 aliphatic heterocycles. The van der Waals surface area contributed by atoms with E-state index in [0.29, 0.717) is 10.7 Å². The Hall–Kier alpha value is -3.24. The molecule has 0 atom stereocenters. The fraction of sp³-hybridized carbons (Fsp3) is 0.0667. The summed E-state index contributed by atoms with van der Waals surface area (Å²) in [6.07, 6.45) is 0. The molecule has 0 aliphatic rings. The summed E-state index contributed by atoms with van der Waals surface area (Å²) in [5, 5.41) is 9.68. The number of aromatic nitrogens is 4. The molecule has 0 radical (unpaired) electrons. The van der Waals surface area contributed by atoms with Crippen LogP contribution in [0.5, 0.6) is 0 Å². The van der Waals surface area contributed by atoms with Crippen molar-refractivity contribution in [3.8, 4) is 17.1 Å². The van der Waals surface area contributed by atoms with Crippen LogP contribution in [0.15, 0.2) is 117 Å². The van der Waals surface area contributed by atoms with Gasteiger partial charge in [-0.1, -0.05) is 106 Å². The molecule has 0 bridgehead atoms. The summed E-state index contributed by atoms with van der Waals surface area (Å²) in [6, 6.07) is 34.1. The van der Waals surface area contributed by atoms with Crippen molar-refractivity contribution >= 4 is 66.8 Å². The van der Waals surface area contributed by atoms with E-state index < -0.39 is 0 Å². The Morgan fingerprint density at radius 2 is 1.56 bits per heavy atom. The molecule has 0 fully saturated rings. The molecule has 2 aromatic heterocycles. The molecule has 6 rings (SSSR count). The molecule has 0 spiro atoms. The van der Waals surface area contributed by atoms with E-state index in [2.05, 4.69) is 62.5 Å². The maximum atomic E-state index is 12.8. The van der Waals surface area contributed by atoms with Crippen molar-refractivity contribution in [3.63, 3.8) is 0 Å². The van der Waals surface area contributed by atoms with Crippen molar-refractivity contribution in [2.75, 3.05) is 5.75 Å². The van der Waals surface area contributed by atoms with E-state index in [1.165, 1.54) is 22.0 Å². The minimum Gasteiger partial charge on any atom is -0.293 e. The molecular formula is C30H21BrN4OS3. The Bertz CT molecular complexity index is 1700. The lowest BCUT2D eigenvalue weighted by atomic mass is 10.1. The summed E-state index contributed by atoms with van der Waals surface area (Å²) in [5.41, 5.74) is 4.85. The molecule has 0 N–H and O–H groups in total. The van der Waals surface area contributed by atoms with E-state index in [-0.39, 0.29) is 11.5 Å². The third kappa shape index (κ3) is 6.01. The van der Waals surface area contributed by atoms with Crippen LogP contribution < -0.4 is 0 Å². The lowest BCUT2D eigenvalue weighted by Gasteiger charge is -2.10. The summed E-state index contributed by atoms with van der Waals surface area (Å²) in [6.45, 7) is 0. The second-order valence-electron chi connectivity index (χ2n) is 8.63. The predicted octanol–water partition coefficient (Wildman–Crippen LogP) is 8.57. The number of halogens is 1. The number of hydrogen-bond acceptors (Lipinski definition) is 7. The Morgan fingerprint density at radius 3 is 2.33 bits per heavy atom. The quantitative estimate of drug-likeness (QED) is 0.118. The van der Waals surface area contributed by atoms with Crippen molar-refractivity contribution in [1.29, 1.82) is 0 Å². The van der Waals surface area contributed by atoms with Gasteiger partial charge in [0.05, 0.1) is 16.0 Å². The zero-order chi connectivity index (χ0) is 26.6. The first kappa shape index (κ1) is 26.0. The number of Topliss-reactive ketones (excluding diaryl/α,β-unsaturated/α-hetero) is 1. The van der Waals surface area contributed by atoms with E-state index in [9.17, 15) is 4.79 Å². The second kappa shape index (κ2) is 11.9. The third-order valence-corrected chi connectivity index (χ3v) is 9.70. The van der Waals surface area contributed by atoms with Gasteiger partial charge in [0.25, 0.3) is 0 Å². The van der Waals surface area contributed by atoms with E-state index in [4.69, 9.17) is 4.98 Å². The fourth-order valence-corrected chi connectivity index (χ4v) is 7.15. The Labute approximate surface area is 246 Å². The van der Waals surface area contributed by atoms with Gasteiger partial charge >= 0.3 is 0 Å². The van der Waals surface area contributed by atoms with E-state index in [0.717, 1.165) is 37.2 Å². The molecule has 4 aromatic carbocycles. The summed E-state index contributed by atoms with van der Waals surface area (Å²) in [5.74, 6) is 1.90. The number of benzene rings is 4. The van der Waals surface area contributed by atoms with Crippen LogP contribution in [0.1, 0.15) is 15.9 Å². The Kier molecular flexibility index (Phi) is 7.92. The average Bonchev–Trinajstić information content (AvgIpc) is 3.60. The van der Waals surface area contributed by atoms with Gasteiger partial charge in [-0.2, -0.15) is 0 Å². The fourth-order valence-electron chi connectivity index (χ4n) is 4.02. The van der Waals surface area contributed by atoms with Crippen molar-refractivity contribution in [1.82, 2.24) is 19.7 Å². The largest absolute Gasteiger partial charge is 0.293 e. The summed E-state index contributed by atoms with van der Waals surface area (Å²) < 4.78 is 5.25. The molecule has 0 unspecified atom stereocenters. The predicted molar refractivity (Wildman–Crippen MR) is 165 cm³/mol. The van der Waals surface area contributed by atoms with Crippen LogP contribution in [0, 0.1) is 0 Å². The molecule has 0 aliphatic carbocycles. The lowest BCUT2D eigenvalue weighted by molar-refractivity contribution is 0.102. The highest BCUT2D eigenvalue weighted by Crippen LogP contribution is 2.33. The van der Waals surface area contributed by atoms with Gasteiger partial charge in [0.1, 0.15) is 0 Å². The summed E-state index contributed by atoms with van der Waals surface area (Å²) in [4.78, 5) is 17.5.